The molecule has 0 atom stereocenters. The summed E-state index contributed by atoms with van der Waals surface area (Å²) in [6, 6.07) is 10.3. The van der Waals surface area contributed by atoms with Crippen molar-refractivity contribution in [2.24, 2.45) is 11.1 Å². The van der Waals surface area contributed by atoms with Gasteiger partial charge < -0.3 is 11.1 Å². The van der Waals surface area contributed by atoms with Crippen LogP contribution in [-0.2, 0) is 6.42 Å². The number of benzene rings is 2. The highest BCUT2D eigenvalue weighted by Gasteiger charge is 2.24. The van der Waals surface area contributed by atoms with E-state index in [1.807, 2.05) is 18.2 Å². The van der Waals surface area contributed by atoms with Crippen molar-refractivity contribution >= 4 is 38.6 Å². The summed E-state index contributed by atoms with van der Waals surface area (Å²) in [4.78, 5) is 5.52. The summed E-state index contributed by atoms with van der Waals surface area (Å²) >= 11 is 2.71. The van der Waals surface area contributed by atoms with Crippen molar-refractivity contribution in [3.8, 4) is 22.5 Å². The van der Waals surface area contributed by atoms with Gasteiger partial charge in [0.25, 0.3) is 0 Å². The minimum atomic E-state index is 0.525. The third kappa shape index (κ3) is 2.94. The van der Waals surface area contributed by atoms with Gasteiger partial charge in [-0.2, -0.15) is 5.21 Å². The van der Waals surface area contributed by atoms with Crippen LogP contribution in [0.25, 0.3) is 32.7 Å². The second-order valence-electron chi connectivity index (χ2n) is 6.76. The van der Waals surface area contributed by atoms with Gasteiger partial charge in [-0.3, -0.25) is 5.14 Å². The maximum Gasteiger partial charge on any atom is 0.206 e. The lowest BCUT2D eigenvalue weighted by molar-refractivity contribution is 0.345. The van der Waals surface area contributed by atoms with Crippen molar-refractivity contribution in [3.63, 3.8) is 0 Å². The monoisotopic (exact) mass is 410 g/mol. The molecule has 1 saturated heterocycles. The highest BCUT2D eigenvalue weighted by Crippen LogP contribution is 2.42. The molecule has 2 aromatic heterocycles. The quantitative estimate of drug-likeness (QED) is 0.369. The number of fused-ring (bicyclic) bond motifs is 1. The van der Waals surface area contributed by atoms with E-state index in [2.05, 4.69) is 43.1 Å². The maximum absolute atomic E-state index is 6.14. The number of hydrogen-bond acceptors (Lipinski definition) is 9. The average Bonchev–Trinajstić information content (AvgIpc) is 3.32. The summed E-state index contributed by atoms with van der Waals surface area (Å²) < 4.78 is 1.04. The molecule has 3 heterocycles. The Balaban J connectivity index is 1.75. The summed E-state index contributed by atoms with van der Waals surface area (Å²) in [5.41, 5.74) is 10.9. The number of rotatable bonds is 5. The first kappa shape index (κ1) is 17.6. The average molecular weight is 411 g/mol. The van der Waals surface area contributed by atoms with E-state index >= 15 is 0 Å². The number of para-hydroxylation sites is 1. The van der Waals surface area contributed by atoms with Crippen molar-refractivity contribution in [2.45, 2.75) is 11.3 Å². The van der Waals surface area contributed by atoms with Crippen molar-refractivity contribution in [1.82, 2.24) is 30.9 Å². The molecule has 28 heavy (non-hydrogen) atoms. The van der Waals surface area contributed by atoms with Gasteiger partial charge in [-0.1, -0.05) is 35.6 Å². The zero-order chi connectivity index (χ0) is 19.1. The minimum Gasteiger partial charge on any atom is -0.375 e. The number of nitrogen functional groups attached to an aromatic ring is 1. The molecule has 0 amide bonds. The molecule has 0 bridgehead atoms. The predicted octanol–water partition coefficient (Wildman–Crippen LogP) is 2.45. The second kappa shape index (κ2) is 7.13. The molecule has 2 aromatic carbocycles. The number of tetrazole rings is 1. The highest BCUT2D eigenvalue weighted by molar-refractivity contribution is 7.97. The summed E-state index contributed by atoms with van der Waals surface area (Å²) in [5, 5.41) is 24.8. The molecule has 4 aromatic rings. The molecule has 0 spiro atoms. The molecular weight excluding hydrogens is 392 g/mol. The molecule has 0 radical (unpaired) electrons. The van der Waals surface area contributed by atoms with Crippen LogP contribution in [0.4, 0.5) is 5.13 Å². The number of H-pyrrole nitrogens is 1. The number of nitrogens with zero attached hydrogens (tertiary/aromatic N) is 4. The van der Waals surface area contributed by atoms with Gasteiger partial charge >= 0.3 is 0 Å². The van der Waals surface area contributed by atoms with E-state index in [1.54, 1.807) is 0 Å². The van der Waals surface area contributed by atoms with Gasteiger partial charge in [0.15, 0.2) is 5.13 Å². The van der Waals surface area contributed by atoms with Gasteiger partial charge in [-0.05, 0) is 59.8 Å². The third-order valence-electron chi connectivity index (χ3n) is 5.03. The Hall–Kier alpha value is -2.53. The Labute approximate surface area is 169 Å². The van der Waals surface area contributed by atoms with Crippen LogP contribution >= 0.6 is 23.3 Å². The minimum absolute atomic E-state index is 0.525. The fourth-order valence-corrected chi connectivity index (χ4v) is 5.01. The van der Waals surface area contributed by atoms with Gasteiger partial charge in [0.05, 0.1) is 10.2 Å². The number of thiazole rings is 1. The van der Waals surface area contributed by atoms with Crippen LogP contribution in [-0.4, -0.2) is 38.7 Å². The fraction of sp³-hybridized carbons (Fsp3) is 0.222. The van der Waals surface area contributed by atoms with Gasteiger partial charge in [0, 0.05) is 16.0 Å². The topological polar surface area (TPSA) is 131 Å². The van der Waals surface area contributed by atoms with Crippen LogP contribution in [0.2, 0.25) is 0 Å². The van der Waals surface area contributed by atoms with Crippen molar-refractivity contribution in [2.75, 3.05) is 18.8 Å². The second-order valence-corrected chi connectivity index (χ2v) is 8.47. The number of anilines is 1. The SMILES string of the molecule is NSc1c(CC2CNC2)ccc(-c2cccc3sc(N)nc23)c1-c1nn[nH]n1. The first-order valence-corrected chi connectivity index (χ1v) is 10.6. The van der Waals surface area contributed by atoms with Crippen molar-refractivity contribution in [3.05, 3.63) is 35.9 Å². The summed E-state index contributed by atoms with van der Waals surface area (Å²) in [7, 11) is 0. The van der Waals surface area contributed by atoms with Crippen LogP contribution in [0.1, 0.15) is 5.56 Å². The summed E-state index contributed by atoms with van der Waals surface area (Å²) in [6.45, 7) is 2.07. The number of nitrogens with two attached hydrogens (primary N) is 2. The predicted molar refractivity (Wildman–Crippen MR) is 113 cm³/mol. The molecule has 0 aliphatic carbocycles. The molecule has 10 heteroatoms. The molecule has 8 nitrogen and oxygen atoms in total. The Morgan fingerprint density at radius 2 is 2.07 bits per heavy atom. The fourth-order valence-electron chi connectivity index (χ4n) is 3.62. The number of aromatic amines is 1. The summed E-state index contributed by atoms with van der Waals surface area (Å²) in [6.07, 6.45) is 0.964. The molecule has 5 rings (SSSR count). The number of hydrogen-bond donors (Lipinski definition) is 4. The zero-order valence-corrected chi connectivity index (χ0v) is 16.5. The van der Waals surface area contributed by atoms with Gasteiger partial charge in [0.2, 0.25) is 5.82 Å². The first-order chi connectivity index (χ1) is 13.7. The lowest BCUT2D eigenvalue weighted by Gasteiger charge is -2.28. The van der Waals surface area contributed by atoms with Gasteiger partial charge in [-0.25, -0.2) is 4.98 Å². The van der Waals surface area contributed by atoms with E-state index in [4.69, 9.17) is 10.9 Å². The molecule has 142 valence electrons. The largest absolute Gasteiger partial charge is 0.375 e. The van der Waals surface area contributed by atoms with E-state index in [-0.39, 0.29) is 0 Å². The lowest BCUT2D eigenvalue weighted by atomic mass is 9.90. The lowest BCUT2D eigenvalue weighted by Crippen LogP contribution is -2.43. The van der Waals surface area contributed by atoms with E-state index in [1.165, 1.54) is 28.8 Å². The van der Waals surface area contributed by atoms with Crippen LogP contribution in [0.5, 0.6) is 0 Å². The molecule has 0 unspecified atom stereocenters. The van der Waals surface area contributed by atoms with Crippen molar-refractivity contribution in [1.29, 1.82) is 0 Å². The van der Waals surface area contributed by atoms with Crippen molar-refractivity contribution < 1.29 is 0 Å². The smallest absolute Gasteiger partial charge is 0.206 e. The standard InChI is InChI=1S/C18H18N8S2/c19-18-22-15-12(2-1-3-13(15)27-18)11-5-4-10(6-9-7-21-8-9)16(28-20)14(11)17-23-25-26-24-17/h1-5,9,21H,6-8,20H2,(H2,19,22)(H,23,24,25,26). The van der Waals surface area contributed by atoms with Gasteiger partial charge in [-0.15, -0.1) is 10.2 Å². The van der Waals surface area contributed by atoms with Crippen LogP contribution in [0, 0.1) is 5.92 Å². The molecule has 6 N–H and O–H groups in total. The Morgan fingerprint density at radius 3 is 2.79 bits per heavy atom. The van der Waals surface area contributed by atoms with E-state index in [9.17, 15) is 0 Å². The molecule has 1 fully saturated rings. The highest BCUT2D eigenvalue weighted by atomic mass is 32.2. The number of aromatic nitrogens is 5. The van der Waals surface area contributed by atoms with E-state index in [0.717, 1.165) is 51.3 Å². The Morgan fingerprint density at radius 1 is 1.18 bits per heavy atom. The normalized spacial score (nSPS) is 14.5. The van der Waals surface area contributed by atoms with Crippen LogP contribution in [0.3, 0.4) is 0 Å². The van der Waals surface area contributed by atoms with E-state index < -0.39 is 0 Å². The van der Waals surface area contributed by atoms with Crippen LogP contribution in [0.15, 0.2) is 35.2 Å². The van der Waals surface area contributed by atoms with Crippen LogP contribution < -0.4 is 16.2 Å². The molecule has 1 aliphatic rings. The summed E-state index contributed by atoms with van der Waals surface area (Å²) in [5.74, 6) is 1.15. The third-order valence-corrected chi connectivity index (χ3v) is 6.58. The Kier molecular flexibility index (Phi) is 4.47. The maximum atomic E-state index is 6.14. The first-order valence-electron chi connectivity index (χ1n) is 8.87. The molecular formula is C18H18N8S2. The molecule has 1 aliphatic heterocycles. The molecule has 0 saturated carbocycles. The van der Waals surface area contributed by atoms with E-state index in [0.29, 0.717) is 16.9 Å². The number of nitrogens with one attached hydrogen (secondary N) is 2. The Bertz CT molecular complexity index is 1130. The zero-order valence-electron chi connectivity index (χ0n) is 14.8. The van der Waals surface area contributed by atoms with Gasteiger partial charge in [0.1, 0.15) is 0 Å².